The summed E-state index contributed by atoms with van der Waals surface area (Å²) in [6.07, 6.45) is 4.79. The SMILES string of the molecule is C=CCn1c(=O)c2cnc(Nc3ccc(CNC(C)(C)C)cc3)nc2n1-c1cccc(-n2ccccc2=O)n1. The number of rotatable bonds is 8. The second kappa shape index (κ2) is 10.5. The van der Waals surface area contributed by atoms with Crippen LogP contribution in [0.1, 0.15) is 26.3 Å². The number of benzene rings is 1. The third-order valence-electron chi connectivity index (χ3n) is 6.02. The van der Waals surface area contributed by atoms with Crippen LogP contribution in [0.4, 0.5) is 11.6 Å². The maximum atomic E-state index is 13.3. The molecule has 0 radical (unpaired) electrons. The summed E-state index contributed by atoms with van der Waals surface area (Å²) in [5.41, 5.74) is 1.91. The molecular weight excluding hydrogens is 492 g/mol. The predicted octanol–water partition coefficient (Wildman–Crippen LogP) is 3.95. The fraction of sp³-hybridized carbons (Fsp3) is 0.207. The minimum absolute atomic E-state index is 0.0312. The number of aromatic nitrogens is 6. The number of pyridine rings is 2. The van der Waals surface area contributed by atoms with Gasteiger partial charge in [-0.3, -0.25) is 14.2 Å². The molecule has 198 valence electrons. The van der Waals surface area contributed by atoms with Crippen LogP contribution in [0.15, 0.2) is 95.3 Å². The largest absolute Gasteiger partial charge is 0.324 e. The van der Waals surface area contributed by atoms with E-state index in [9.17, 15) is 9.59 Å². The van der Waals surface area contributed by atoms with E-state index in [0.29, 0.717) is 28.6 Å². The molecule has 2 N–H and O–H groups in total. The highest BCUT2D eigenvalue weighted by Gasteiger charge is 2.18. The van der Waals surface area contributed by atoms with Crippen LogP contribution in [0, 0.1) is 0 Å². The van der Waals surface area contributed by atoms with Crippen LogP contribution >= 0.6 is 0 Å². The number of anilines is 2. The summed E-state index contributed by atoms with van der Waals surface area (Å²) in [4.78, 5) is 39.4. The number of nitrogens with zero attached hydrogens (tertiary/aromatic N) is 6. The van der Waals surface area contributed by atoms with E-state index in [1.165, 1.54) is 21.5 Å². The Labute approximate surface area is 225 Å². The van der Waals surface area contributed by atoms with Gasteiger partial charge in [0.25, 0.3) is 11.1 Å². The van der Waals surface area contributed by atoms with Crippen molar-refractivity contribution >= 4 is 22.7 Å². The lowest BCUT2D eigenvalue weighted by atomic mass is 10.1. The van der Waals surface area contributed by atoms with E-state index >= 15 is 0 Å². The van der Waals surface area contributed by atoms with Gasteiger partial charge in [-0.25, -0.2) is 19.3 Å². The molecule has 0 fully saturated rings. The van der Waals surface area contributed by atoms with E-state index in [1.807, 2.05) is 24.3 Å². The highest BCUT2D eigenvalue weighted by atomic mass is 16.1. The van der Waals surface area contributed by atoms with Crippen molar-refractivity contribution in [3.8, 4) is 11.6 Å². The maximum absolute atomic E-state index is 13.3. The van der Waals surface area contributed by atoms with Gasteiger partial charge in [0.05, 0.1) is 6.54 Å². The van der Waals surface area contributed by atoms with Crippen molar-refractivity contribution < 1.29 is 0 Å². The molecule has 0 spiro atoms. The summed E-state index contributed by atoms with van der Waals surface area (Å²) < 4.78 is 4.56. The van der Waals surface area contributed by atoms with Crippen LogP contribution in [-0.4, -0.2) is 34.4 Å². The third-order valence-corrected chi connectivity index (χ3v) is 6.02. The highest BCUT2D eigenvalue weighted by Crippen LogP contribution is 2.19. The second-order valence-electron chi connectivity index (χ2n) is 10.1. The summed E-state index contributed by atoms with van der Waals surface area (Å²) in [5, 5.41) is 7.04. The molecule has 10 nitrogen and oxygen atoms in total. The number of fused-ring (bicyclic) bond motifs is 1. The molecule has 0 aliphatic carbocycles. The van der Waals surface area contributed by atoms with Crippen molar-refractivity contribution in [3.63, 3.8) is 0 Å². The minimum Gasteiger partial charge on any atom is -0.324 e. The monoisotopic (exact) mass is 522 g/mol. The van der Waals surface area contributed by atoms with Crippen molar-refractivity contribution in [2.24, 2.45) is 0 Å². The molecule has 5 aromatic rings. The molecule has 4 heterocycles. The number of hydrogen-bond acceptors (Lipinski definition) is 7. The highest BCUT2D eigenvalue weighted by molar-refractivity contribution is 5.77. The first-order valence-corrected chi connectivity index (χ1v) is 12.6. The van der Waals surface area contributed by atoms with E-state index in [4.69, 9.17) is 0 Å². The quantitative estimate of drug-likeness (QED) is 0.297. The fourth-order valence-electron chi connectivity index (χ4n) is 4.09. The van der Waals surface area contributed by atoms with Gasteiger partial charge in [-0.1, -0.05) is 30.3 Å². The average molecular weight is 523 g/mol. The van der Waals surface area contributed by atoms with Gasteiger partial charge in [0.2, 0.25) is 5.95 Å². The Morgan fingerprint density at radius 2 is 1.72 bits per heavy atom. The van der Waals surface area contributed by atoms with Gasteiger partial charge in [0.1, 0.15) is 11.2 Å². The topological polar surface area (TPSA) is 112 Å². The Morgan fingerprint density at radius 3 is 2.44 bits per heavy atom. The maximum Gasteiger partial charge on any atom is 0.278 e. The van der Waals surface area contributed by atoms with Crippen LogP contribution in [0.25, 0.3) is 22.7 Å². The molecule has 4 aromatic heterocycles. The van der Waals surface area contributed by atoms with Crippen LogP contribution < -0.4 is 21.8 Å². The lowest BCUT2D eigenvalue weighted by molar-refractivity contribution is 0.424. The first-order valence-electron chi connectivity index (χ1n) is 12.6. The van der Waals surface area contributed by atoms with Crippen molar-refractivity contribution in [2.45, 2.75) is 39.4 Å². The van der Waals surface area contributed by atoms with Crippen LogP contribution in [-0.2, 0) is 13.1 Å². The molecule has 0 unspecified atom stereocenters. The Bertz CT molecular complexity index is 1760. The molecule has 5 rings (SSSR count). The molecule has 0 saturated heterocycles. The van der Waals surface area contributed by atoms with Crippen LogP contribution in [0.5, 0.6) is 0 Å². The molecule has 0 amide bonds. The van der Waals surface area contributed by atoms with E-state index in [-0.39, 0.29) is 23.2 Å². The lowest BCUT2D eigenvalue weighted by Crippen LogP contribution is -2.35. The third kappa shape index (κ3) is 5.55. The summed E-state index contributed by atoms with van der Waals surface area (Å²) >= 11 is 0. The summed E-state index contributed by atoms with van der Waals surface area (Å²) in [7, 11) is 0. The predicted molar refractivity (Wildman–Crippen MR) is 153 cm³/mol. The Balaban J connectivity index is 1.53. The Hall–Kier alpha value is -4.83. The second-order valence-corrected chi connectivity index (χ2v) is 10.1. The average Bonchev–Trinajstić information content (AvgIpc) is 3.19. The fourth-order valence-corrected chi connectivity index (χ4v) is 4.09. The first kappa shape index (κ1) is 25.8. The lowest BCUT2D eigenvalue weighted by Gasteiger charge is -2.20. The standard InChI is InChI=1S/C29H30N8O2/c1-5-16-36-27(39)22-19-30-28(32-21-14-12-20(13-15-21)18-31-29(2,3)4)34-26(22)37(36)24-10-8-9-23(33-24)35-17-7-6-11-25(35)38/h5-15,17,19,31H,1,16,18H2,2-4H3,(H,30,32,34). The van der Waals surface area contributed by atoms with Crippen molar-refractivity contribution in [1.29, 1.82) is 0 Å². The van der Waals surface area contributed by atoms with Crippen LogP contribution in [0.3, 0.4) is 0 Å². The molecule has 0 saturated carbocycles. The normalized spacial score (nSPS) is 11.6. The van der Waals surface area contributed by atoms with Gasteiger partial charge in [-0.05, 0) is 56.7 Å². The van der Waals surface area contributed by atoms with Crippen LogP contribution in [0.2, 0.25) is 0 Å². The van der Waals surface area contributed by atoms with Crippen molar-refractivity contribution in [2.75, 3.05) is 5.32 Å². The van der Waals surface area contributed by atoms with E-state index in [1.54, 1.807) is 47.3 Å². The zero-order valence-corrected chi connectivity index (χ0v) is 22.1. The van der Waals surface area contributed by atoms with Gasteiger partial charge in [0.15, 0.2) is 11.5 Å². The molecule has 10 heteroatoms. The summed E-state index contributed by atoms with van der Waals surface area (Å²) in [6, 6.07) is 18.2. The van der Waals surface area contributed by atoms with Gasteiger partial charge in [-0.15, -0.1) is 6.58 Å². The zero-order chi connectivity index (χ0) is 27.6. The Kier molecular flexibility index (Phi) is 6.95. The summed E-state index contributed by atoms with van der Waals surface area (Å²) in [6.45, 7) is 11.2. The number of hydrogen-bond donors (Lipinski definition) is 2. The first-order chi connectivity index (χ1) is 18.7. The van der Waals surface area contributed by atoms with E-state index in [0.717, 1.165) is 17.8 Å². The van der Waals surface area contributed by atoms with Crippen molar-refractivity contribution in [1.82, 2.24) is 34.2 Å². The summed E-state index contributed by atoms with van der Waals surface area (Å²) in [5.74, 6) is 1.19. The van der Waals surface area contributed by atoms with E-state index in [2.05, 4.69) is 52.9 Å². The number of allylic oxidation sites excluding steroid dienone is 1. The molecule has 39 heavy (non-hydrogen) atoms. The molecule has 0 bridgehead atoms. The number of nitrogens with one attached hydrogen (secondary N) is 2. The van der Waals surface area contributed by atoms with Gasteiger partial charge in [0, 0.05) is 36.2 Å². The molecule has 1 aromatic carbocycles. The zero-order valence-electron chi connectivity index (χ0n) is 22.1. The molecule has 0 aliphatic heterocycles. The van der Waals surface area contributed by atoms with Gasteiger partial charge in [-0.2, -0.15) is 4.98 Å². The van der Waals surface area contributed by atoms with Gasteiger partial charge < -0.3 is 10.6 Å². The van der Waals surface area contributed by atoms with Crippen molar-refractivity contribution in [3.05, 3.63) is 112 Å². The molecule has 0 aliphatic rings. The molecular formula is C29H30N8O2. The smallest absolute Gasteiger partial charge is 0.278 e. The Morgan fingerprint density at radius 1 is 0.949 bits per heavy atom. The van der Waals surface area contributed by atoms with E-state index < -0.39 is 0 Å². The minimum atomic E-state index is -0.267. The van der Waals surface area contributed by atoms with Gasteiger partial charge >= 0.3 is 0 Å². The molecule has 0 atom stereocenters.